The fraction of sp³-hybridized carbons (Fsp3) is 0.364. The van der Waals surface area contributed by atoms with Crippen molar-refractivity contribution >= 4 is 6.09 Å². The molecular weight excluding hydrogens is 235 g/mol. The molecule has 1 saturated heterocycles. The van der Waals surface area contributed by atoms with Gasteiger partial charge >= 0.3 is 12.3 Å². The second-order valence-electron chi connectivity index (χ2n) is 3.88. The zero-order chi connectivity index (χ0) is 12.6. The minimum Gasteiger partial charge on any atom is -0.439 e. The molecule has 0 aromatic heterocycles. The van der Waals surface area contributed by atoms with Crippen LogP contribution in [0.2, 0.25) is 0 Å². The number of rotatable bonds is 1. The van der Waals surface area contributed by atoms with Crippen LogP contribution in [0.1, 0.15) is 24.2 Å². The van der Waals surface area contributed by atoms with Crippen LogP contribution in [0.5, 0.6) is 0 Å². The average Bonchev–Trinajstić information content (AvgIpc) is 2.57. The van der Waals surface area contributed by atoms with Crippen LogP contribution in [0.15, 0.2) is 24.3 Å². The molecule has 0 aliphatic carbocycles. The third-order valence-electron chi connectivity index (χ3n) is 2.58. The molecule has 1 amide bonds. The molecule has 1 aromatic rings. The molecule has 0 saturated carbocycles. The quantitative estimate of drug-likeness (QED) is 0.826. The number of alkyl halides is 3. The summed E-state index contributed by atoms with van der Waals surface area (Å²) in [6.45, 7) is 1.68. The van der Waals surface area contributed by atoms with Gasteiger partial charge in [-0.05, 0) is 24.6 Å². The van der Waals surface area contributed by atoms with Gasteiger partial charge in [-0.1, -0.05) is 12.1 Å². The average molecular weight is 245 g/mol. The lowest BCUT2D eigenvalue weighted by Gasteiger charge is -2.15. The molecule has 2 atom stereocenters. The van der Waals surface area contributed by atoms with E-state index >= 15 is 0 Å². The van der Waals surface area contributed by atoms with Crippen molar-refractivity contribution in [2.75, 3.05) is 0 Å². The van der Waals surface area contributed by atoms with E-state index in [4.69, 9.17) is 4.74 Å². The number of carbonyl (C=O) groups is 1. The van der Waals surface area contributed by atoms with Gasteiger partial charge in [-0.25, -0.2) is 4.79 Å². The van der Waals surface area contributed by atoms with E-state index in [0.29, 0.717) is 5.56 Å². The van der Waals surface area contributed by atoms with Gasteiger partial charge in [-0.2, -0.15) is 13.2 Å². The second kappa shape index (κ2) is 3.94. The smallest absolute Gasteiger partial charge is 0.416 e. The van der Waals surface area contributed by atoms with Gasteiger partial charge in [0.1, 0.15) is 6.10 Å². The van der Waals surface area contributed by atoms with Crippen molar-refractivity contribution in [3.8, 4) is 0 Å². The van der Waals surface area contributed by atoms with E-state index in [1.54, 1.807) is 6.92 Å². The van der Waals surface area contributed by atoms with Gasteiger partial charge in [-0.15, -0.1) is 0 Å². The highest BCUT2D eigenvalue weighted by Crippen LogP contribution is 2.33. The van der Waals surface area contributed by atoms with Crippen LogP contribution in [-0.4, -0.2) is 12.1 Å². The lowest BCUT2D eigenvalue weighted by Crippen LogP contribution is -2.24. The van der Waals surface area contributed by atoms with Crippen LogP contribution in [0, 0.1) is 0 Å². The van der Waals surface area contributed by atoms with Crippen molar-refractivity contribution < 1.29 is 22.7 Å². The molecule has 1 aliphatic heterocycles. The fourth-order valence-corrected chi connectivity index (χ4v) is 1.76. The Labute approximate surface area is 95.6 Å². The molecule has 1 aliphatic rings. The van der Waals surface area contributed by atoms with Crippen LogP contribution in [0.25, 0.3) is 0 Å². The van der Waals surface area contributed by atoms with Crippen LogP contribution >= 0.6 is 0 Å². The molecular formula is C11H10F3NO2. The summed E-state index contributed by atoms with van der Waals surface area (Å²) in [5.74, 6) is 0. The SMILES string of the molecule is C[C@@H]1NC(=O)OC1c1cccc(C(F)(F)F)c1. The molecule has 1 aromatic carbocycles. The molecule has 2 rings (SSSR count). The number of benzene rings is 1. The number of hydrogen-bond acceptors (Lipinski definition) is 2. The highest BCUT2D eigenvalue weighted by atomic mass is 19.4. The van der Waals surface area contributed by atoms with Gasteiger partial charge in [0.25, 0.3) is 0 Å². The lowest BCUT2D eigenvalue weighted by molar-refractivity contribution is -0.137. The summed E-state index contributed by atoms with van der Waals surface area (Å²) in [5, 5.41) is 2.48. The Bertz CT molecular complexity index is 445. The van der Waals surface area contributed by atoms with Crippen LogP contribution in [0.4, 0.5) is 18.0 Å². The van der Waals surface area contributed by atoms with Crippen LogP contribution < -0.4 is 5.32 Å². The van der Waals surface area contributed by atoms with Crippen molar-refractivity contribution in [1.29, 1.82) is 0 Å². The summed E-state index contributed by atoms with van der Waals surface area (Å²) < 4.78 is 42.4. The van der Waals surface area contributed by atoms with Crippen molar-refractivity contribution in [3.05, 3.63) is 35.4 Å². The predicted molar refractivity (Wildman–Crippen MR) is 53.3 cm³/mol. The van der Waals surface area contributed by atoms with Crippen molar-refractivity contribution in [2.45, 2.75) is 25.2 Å². The summed E-state index contributed by atoms with van der Waals surface area (Å²) in [7, 11) is 0. The summed E-state index contributed by atoms with van der Waals surface area (Å²) in [5.41, 5.74) is -0.407. The first-order valence-electron chi connectivity index (χ1n) is 5.02. The maximum Gasteiger partial charge on any atom is 0.416 e. The number of halogens is 3. The first-order chi connectivity index (χ1) is 7.88. The summed E-state index contributed by atoms with van der Waals surface area (Å²) in [6.07, 6.45) is -5.68. The molecule has 1 heterocycles. The second-order valence-corrected chi connectivity index (χ2v) is 3.88. The van der Waals surface area contributed by atoms with E-state index in [1.165, 1.54) is 12.1 Å². The largest absolute Gasteiger partial charge is 0.439 e. The Morgan fingerprint density at radius 3 is 2.59 bits per heavy atom. The lowest BCUT2D eigenvalue weighted by atomic mass is 10.0. The number of carbonyl (C=O) groups excluding carboxylic acids is 1. The van der Waals surface area contributed by atoms with Crippen LogP contribution in [-0.2, 0) is 10.9 Å². The number of hydrogen-bond donors (Lipinski definition) is 1. The first kappa shape index (κ1) is 11.8. The number of nitrogens with one attached hydrogen (secondary N) is 1. The molecule has 3 nitrogen and oxygen atoms in total. The number of amides is 1. The van der Waals surface area contributed by atoms with Crippen molar-refractivity contribution in [1.82, 2.24) is 5.32 Å². The Hall–Kier alpha value is -1.72. The Morgan fingerprint density at radius 2 is 2.06 bits per heavy atom. The summed E-state index contributed by atoms with van der Waals surface area (Å²) in [6, 6.07) is 4.46. The van der Waals surface area contributed by atoms with Gasteiger partial charge in [0, 0.05) is 0 Å². The zero-order valence-corrected chi connectivity index (χ0v) is 8.91. The first-order valence-corrected chi connectivity index (χ1v) is 5.02. The van der Waals surface area contributed by atoms with E-state index in [9.17, 15) is 18.0 Å². The Morgan fingerprint density at radius 1 is 1.35 bits per heavy atom. The molecule has 1 unspecified atom stereocenters. The standard InChI is InChI=1S/C11H10F3NO2/c1-6-9(17-10(16)15-6)7-3-2-4-8(5-7)11(12,13)14/h2-6,9H,1H3,(H,15,16)/t6-,9?/m0/s1. The molecule has 0 spiro atoms. The molecule has 6 heteroatoms. The third-order valence-corrected chi connectivity index (χ3v) is 2.58. The van der Waals surface area contributed by atoms with Gasteiger partial charge in [0.2, 0.25) is 0 Å². The topological polar surface area (TPSA) is 38.3 Å². The van der Waals surface area contributed by atoms with Crippen molar-refractivity contribution in [2.24, 2.45) is 0 Å². The maximum absolute atomic E-state index is 12.5. The van der Waals surface area contributed by atoms with E-state index in [0.717, 1.165) is 12.1 Å². The summed E-state index contributed by atoms with van der Waals surface area (Å²) in [4.78, 5) is 11.0. The van der Waals surface area contributed by atoms with E-state index in [2.05, 4.69) is 5.32 Å². The van der Waals surface area contributed by atoms with Gasteiger partial charge < -0.3 is 10.1 Å². The van der Waals surface area contributed by atoms with E-state index in [1.807, 2.05) is 0 Å². The number of ether oxygens (including phenoxy) is 1. The van der Waals surface area contributed by atoms with Crippen LogP contribution in [0.3, 0.4) is 0 Å². The Kier molecular flexibility index (Phi) is 2.73. The van der Waals surface area contributed by atoms with Crippen molar-refractivity contribution in [3.63, 3.8) is 0 Å². The minimum absolute atomic E-state index is 0.339. The monoisotopic (exact) mass is 245 g/mol. The normalized spacial score (nSPS) is 24.4. The predicted octanol–water partition coefficient (Wildman–Crippen LogP) is 2.87. The van der Waals surface area contributed by atoms with E-state index in [-0.39, 0.29) is 6.04 Å². The number of cyclic esters (lactones) is 1. The van der Waals surface area contributed by atoms with Gasteiger partial charge in [0.05, 0.1) is 11.6 Å². The highest BCUT2D eigenvalue weighted by Gasteiger charge is 2.35. The Balaban J connectivity index is 2.31. The summed E-state index contributed by atoms with van der Waals surface area (Å²) >= 11 is 0. The highest BCUT2D eigenvalue weighted by molar-refractivity contribution is 5.70. The minimum atomic E-state index is -4.39. The molecule has 92 valence electrons. The molecule has 17 heavy (non-hydrogen) atoms. The van der Waals surface area contributed by atoms with Gasteiger partial charge in [0.15, 0.2) is 0 Å². The molecule has 0 bridgehead atoms. The molecule has 0 radical (unpaired) electrons. The number of alkyl carbamates (subject to hydrolysis) is 1. The molecule has 1 N–H and O–H groups in total. The van der Waals surface area contributed by atoms with E-state index < -0.39 is 23.9 Å². The fourth-order valence-electron chi connectivity index (χ4n) is 1.76. The maximum atomic E-state index is 12.5. The zero-order valence-electron chi connectivity index (χ0n) is 8.91. The molecule has 1 fully saturated rings. The van der Waals surface area contributed by atoms with Gasteiger partial charge in [-0.3, -0.25) is 0 Å². The third kappa shape index (κ3) is 2.35.